The molecule has 0 N–H and O–H groups in total. The number of nitrogens with zero attached hydrogens (tertiary/aromatic N) is 1. The molecule has 0 aromatic heterocycles. The van der Waals surface area contributed by atoms with Gasteiger partial charge in [-0.2, -0.15) is 4.40 Å². The van der Waals surface area contributed by atoms with E-state index in [-0.39, 0.29) is 9.68 Å². The van der Waals surface area contributed by atoms with Gasteiger partial charge in [-0.3, -0.25) is 0 Å². The lowest BCUT2D eigenvalue weighted by molar-refractivity contribution is 0.597. The van der Waals surface area contributed by atoms with Gasteiger partial charge in [-0.25, -0.2) is 8.42 Å². The molecule has 2 rings (SSSR count). The molecule has 0 saturated carbocycles. The van der Waals surface area contributed by atoms with E-state index in [1.165, 1.54) is 0 Å². The van der Waals surface area contributed by atoms with Crippen molar-refractivity contribution in [3.8, 4) is 0 Å². The number of alkyl halides is 1. The molecular formula is C13H12INO2S. The van der Waals surface area contributed by atoms with Crippen LogP contribution in [0.1, 0.15) is 5.56 Å². The standard InChI is InChI=1S/C13H12INO2S/c14-12-8-4-5-9-13(12)15-18(16,17)10-11-6-2-1-3-7-11/h1-9,12H,10H2. The third-order valence-corrected chi connectivity index (χ3v) is 4.62. The van der Waals surface area contributed by atoms with Crippen LogP contribution in [0.2, 0.25) is 0 Å². The summed E-state index contributed by atoms with van der Waals surface area (Å²) in [7, 11) is -3.47. The minimum absolute atomic E-state index is 0.0122. The minimum Gasteiger partial charge on any atom is -0.204 e. The Morgan fingerprint density at radius 1 is 1.17 bits per heavy atom. The first-order valence-corrected chi connectivity index (χ1v) is 8.28. The molecule has 94 valence electrons. The largest absolute Gasteiger partial charge is 0.257 e. The molecule has 1 aliphatic carbocycles. The van der Waals surface area contributed by atoms with Crippen molar-refractivity contribution in [2.75, 3.05) is 0 Å². The Bertz CT molecular complexity index is 603. The van der Waals surface area contributed by atoms with Crippen molar-refractivity contribution in [3.05, 3.63) is 60.2 Å². The van der Waals surface area contributed by atoms with Gasteiger partial charge >= 0.3 is 0 Å². The third kappa shape index (κ3) is 3.78. The Labute approximate surface area is 121 Å². The molecule has 1 aromatic carbocycles. The highest BCUT2D eigenvalue weighted by Crippen LogP contribution is 2.14. The van der Waals surface area contributed by atoms with Gasteiger partial charge in [0.05, 0.1) is 15.4 Å². The fourth-order valence-electron chi connectivity index (χ4n) is 1.56. The molecule has 1 unspecified atom stereocenters. The number of benzene rings is 1. The number of sulfonamides is 1. The van der Waals surface area contributed by atoms with E-state index in [9.17, 15) is 8.42 Å². The molecule has 0 aliphatic heterocycles. The second-order valence-electron chi connectivity index (χ2n) is 3.87. The first-order chi connectivity index (χ1) is 8.57. The molecule has 1 atom stereocenters. The van der Waals surface area contributed by atoms with Crippen molar-refractivity contribution >= 4 is 38.3 Å². The van der Waals surface area contributed by atoms with Crippen molar-refractivity contribution in [1.82, 2.24) is 0 Å². The lowest BCUT2D eigenvalue weighted by Crippen LogP contribution is -2.14. The predicted octanol–water partition coefficient (Wildman–Crippen LogP) is 2.89. The van der Waals surface area contributed by atoms with Gasteiger partial charge in [-0.1, -0.05) is 71.2 Å². The fourth-order valence-corrected chi connectivity index (χ4v) is 3.51. The van der Waals surface area contributed by atoms with E-state index in [4.69, 9.17) is 0 Å². The number of rotatable bonds is 3. The van der Waals surface area contributed by atoms with Crippen molar-refractivity contribution in [1.29, 1.82) is 0 Å². The predicted molar refractivity (Wildman–Crippen MR) is 82.6 cm³/mol. The smallest absolute Gasteiger partial charge is 0.204 e. The molecule has 0 spiro atoms. The van der Waals surface area contributed by atoms with Crippen LogP contribution >= 0.6 is 22.6 Å². The van der Waals surface area contributed by atoms with Crippen LogP contribution in [0.25, 0.3) is 0 Å². The number of allylic oxidation sites excluding steroid dienone is 4. The summed E-state index contributed by atoms with van der Waals surface area (Å²) in [6, 6.07) is 9.08. The average Bonchev–Trinajstić information content (AvgIpc) is 2.32. The van der Waals surface area contributed by atoms with Gasteiger partial charge in [0.2, 0.25) is 0 Å². The van der Waals surface area contributed by atoms with Crippen LogP contribution in [0.3, 0.4) is 0 Å². The summed E-state index contributed by atoms with van der Waals surface area (Å²) < 4.78 is 27.8. The highest BCUT2D eigenvalue weighted by Gasteiger charge is 2.15. The summed E-state index contributed by atoms with van der Waals surface area (Å²) in [6.07, 6.45) is 7.34. The first-order valence-electron chi connectivity index (χ1n) is 5.42. The van der Waals surface area contributed by atoms with Crippen molar-refractivity contribution in [2.45, 2.75) is 9.68 Å². The summed E-state index contributed by atoms with van der Waals surface area (Å²) in [5, 5.41) is 0. The molecule has 0 heterocycles. The number of hydrogen-bond donors (Lipinski definition) is 0. The molecular weight excluding hydrogens is 361 g/mol. The van der Waals surface area contributed by atoms with Gasteiger partial charge in [0, 0.05) is 0 Å². The summed E-state index contributed by atoms with van der Waals surface area (Å²) in [6.45, 7) is 0. The zero-order chi connectivity index (χ0) is 13.0. The number of halogens is 1. The van der Waals surface area contributed by atoms with E-state index in [2.05, 4.69) is 27.0 Å². The van der Waals surface area contributed by atoms with Gasteiger partial charge in [0.25, 0.3) is 10.0 Å². The van der Waals surface area contributed by atoms with E-state index >= 15 is 0 Å². The Hall–Kier alpha value is -0.950. The number of hydrogen-bond acceptors (Lipinski definition) is 2. The Kier molecular flexibility index (Phi) is 4.34. The molecule has 18 heavy (non-hydrogen) atoms. The summed E-state index contributed by atoms with van der Waals surface area (Å²) in [5.74, 6) is -0.0573. The van der Waals surface area contributed by atoms with Crippen LogP contribution in [-0.2, 0) is 15.8 Å². The summed E-state index contributed by atoms with van der Waals surface area (Å²) in [5.41, 5.74) is 1.33. The quantitative estimate of drug-likeness (QED) is 0.604. The van der Waals surface area contributed by atoms with E-state index in [0.717, 1.165) is 5.56 Å². The van der Waals surface area contributed by atoms with E-state index in [1.807, 2.05) is 30.4 Å². The van der Waals surface area contributed by atoms with Crippen LogP contribution in [-0.4, -0.2) is 18.1 Å². The van der Waals surface area contributed by atoms with Crippen LogP contribution in [0.5, 0.6) is 0 Å². The van der Waals surface area contributed by atoms with Gasteiger partial charge in [0.1, 0.15) is 0 Å². The van der Waals surface area contributed by atoms with Gasteiger partial charge in [-0.05, 0) is 11.6 Å². The molecule has 0 radical (unpaired) electrons. The third-order valence-electron chi connectivity index (χ3n) is 2.38. The summed E-state index contributed by atoms with van der Waals surface area (Å²) in [4.78, 5) is 0. The second-order valence-corrected chi connectivity index (χ2v) is 6.85. The average molecular weight is 373 g/mol. The maximum Gasteiger partial charge on any atom is 0.257 e. The van der Waals surface area contributed by atoms with Gasteiger partial charge in [-0.15, -0.1) is 0 Å². The normalized spacial score (nSPS) is 21.4. The monoisotopic (exact) mass is 373 g/mol. The fraction of sp³-hybridized carbons (Fsp3) is 0.154. The van der Waals surface area contributed by atoms with Crippen LogP contribution < -0.4 is 0 Å². The summed E-state index contributed by atoms with van der Waals surface area (Å²) >= 11 is 2.16. The highest BCUT2D eigenvalue weighted by atomic mass is 127. The van der Waals surface area contributed by atoms with Gasteiger partial charge < -0.3 is 0 Å². The molecule has 0 bridgehead atoms. The molecule has 0 amide bonds. The first kappa shape index (κ1) is 13.5. The Balaban J connectivity index is 2.20. The van der Waals surface area contributed by atoms with Crippen molar-refractivity contribution in [2.24, 2.45) is 4.40 Å². The minimum atomic E-state index is -3.47. The Morgan fingerprint density at radius 3 is 2.56 bits per heavy atom. The van der Waals surface area contributed by atoms with E-state index in [1.54, 1.807) is 24.3 Å². The van der Waals surface area contributed by atoms with E-state index in [0.29, 0.717) is 5.71 Å². The molecule has 1 aromatic rings. The topological polar surface area (TPSA) is 46.5 Å². The maximum absolute atomic E-state index is 12.0. The molecule has 3 nitrogen and oxygen atoms in total. The van der Waals surface area contributed by atoms with Crippen molar-refractivity contribution in [3.63, 3.8) is 0 Å². The zero-order valence-corrected chi connectivity index (χ0v) is 12.5. The van der Waals surface area contributed by atoms with Gasteiger partial charge in [0.15, 0.2) is 0 Å². The maximum atomic E-state index is 12.0. The van der Waals surface area contributed by atoms with Crippen LogP contribution in [0.15, 0.2) is 59.0 Å². The lowest BCUT2D eigenvalue weighted by atomic mass is 10.2. The lowest BCUT2D eigenvalue weighted by Gasteiger charge is -2.08. The SMILES string of the molecule is O=S(=O)(Cc1ccccc1)N=C1C=CC=CC1I. The van der Waals surface area contributed by atoms with E-state index < -0.39 is 10.0 Å². The zero-order valence-electron chi connectivity index (χ0n) is 9.53. The Morgan fingerprint density at radius 2 is 1.89 bits per heavy atom. The molecule has 0 saturated heterocycles. The second kappa shape index (κ2) is 5.79. The molecule has 0 fully saturated rings. The van der Waals surface area contributed by atoms with Crippen molar-refractivity contribution < 1.29 is 8.42 Å². The molecule has 1 aliphatic rings. The molecule has 5 heteroatoms. The highest BCUT2D eigenvalue weighted by molar-refractivity contribution is 14.1. The van der Waals surface area contributed by atoms with Crippen LogP contribution in [0, 0.1) is 0 Å². The van der Waals surface area contributed by atoms with Crippen LogP contribution in [0.4, 0.5) is 0 Å².